The van der Waals surface area contributed by atoms with Gasteiger partial charge in [-0.2, -0.15) is 0 Å². The number of hydrogen-bond acceptors (Lipinski definition) is 4. The Bertz CT molecular complexity index is 1010. The van der Waals surface area contributed by atoms with Crippen LogP contribution < -0.4 is 0 Å². The summed E-state index contributed by atoms with van der Waals surface area (Å²) < 4.78 is 1.89. The van der Waals surface area contributed by atoms with Crippen molar-refractivity contribution in [1.29, 1.82) is 0 Å². The Labute approximate surface area is 138 Å². The smallest absolute Gasteiger partial charge is 0.170 e. The summed E-state index contributed by atoms with van der Waals surface area (Å²) in [6.45, 7) is 0.347. The van der Waals surface area contributed by atoms with Gasteiger partial charge in [0, 0.05) is 17.3 Å². The van der Waals surface area contributed by atoms with Crippen molar-refractivity contribution in [3.8, 4) is 18.0 Å². The number of fused-ring (bicyclic) bond motifs is 3. The van der Waals surface area contributed by atoms with Gasteiger partial charge in [0.25, 0.3) is 0 Å². The van der Waals surface area contributed by atoms with Gasteiger partial charge in [-0.1, -0.05) is 12.0 Å². The van der Waals surface area contributed by atoms with Gasteiger partial charge in [-0.15, -0.1) is 6.42 Å². The van der Waals surface area contributed by atoms with Crippen molar-refractivity contribution in [1.82, 2.24) is 14.5 Å². The van der Waals surface area contributed by atoms with Gasteiger partial charge in [0.05, 0.1) is 29.3 Å². The second kappa shape index (κ2) is 5.60. The second-order valence-corrected chi connectivity index (χ2v) is 5.32. The van der Waals surface area contributed by atoms with Gasteiger partial charge in [-0.25, -0.2) is 4.98 Å². The van der Waals surface area contributed by atoms with E-state index in [-0.39, 0.29) is 0 Å². The van der Waals surface area contributed by atoms with Crippen molar-refractivity contribution in [3.63, 3.8) is 0 Å². The molecule has 4 rings (SSSR count). The molecule has 0 spiro atoms. The van der Waals surface area contributed by atoms with E-state index < -0.39 is 0 Å². The number of imidazole rings is 1. The summed E-state index contributed by atoms with van der Waals surface area (Å²) in [4.78, 5) is 24.5. The number of pyridine rings is 1. The molecule has 3 heterocycles. The summed E-state index contributed by atoms with van der Waals surface area (Å²) in [6.07, 6.45) is 9.68. The van der Waals surface area contributed by atoms with Gasteiger partial charge in [0.15, 0.2) is 6.29 Å². The summed E-state index contributed by atoms with van der Waals surface area (Å²) in [7, 11) is 0. The monoisotopic (exact) mass is 312 g/mol. The first kappa shape index (κ1) is 14.1. The van der Waals surface area contributed by atoms with Crippen LogP contribution in [-0.4, -0.2) is 26.5 Å². The largest absolute Gasteiger partial charge is 0.300 e. The third-order valence-electron chi connectivity index (χ3n) is 3.98. The molecule has 0 atom stereocenters. The molecule has 0 fully saturated rings. The van der Waals surface area contributed by atoms with Crippen LogP contribution in [0.1, 0.15) is 33.0 Å². The molecule has 5 heteroatoms. The minimum absolute atomic E-state index is 0.347. The van der Waals surface area contributed by atoms with E-state index >= 15 is 0 Å². The number of nitrogens with zero attached hydrogens (tertiary/aromatic N) is 4. The summed E-state index contributed by atoms with van der Waals surface area (Å²) in [5.41, 5.74) is 5.18. The van der Waals surface area contributed by atoms with E-state index in [1.54, 1.807) is 12.5 Å². The van der Waals surface area contributed by atoms with Gasteiger partial charge < -0.3 is 0 Å². The number of terminal acetylenes is 1. The van der Waals surface area contributed by atoms with Crippen molar-refractivity contribution in [2.45, 2.75) is 6.54 Å². The van der Waals surface area contributed by atoms with E-state index in [9.17, 15) is 4.79 Å². The lowest BCUT2D eigenvalue weighted by atomic mass is 10.0. The van der Waals surface area contributed by atoms with Crippen molar-refractivity contribution < 1.29 is 4.79 Å². The second-order valence-electron chi connectivity index (χ2n) is 5.32. The molecule has 0 amide bonds. The van der Waals surface area contributed by atoms with Gasteiger partial charge in [-0.05, 0) is 30.3 Å². The highest BCUT2D eigenvalue weighted by atomic mass is 16.1. The number of benzene rings is 1. The van der Waals surface area contributed by atoms with Crippen LogP contribution in [0, 0.1) is 12.3 Å². The normalized spacial score (nSPS) is 12.4. The number of hydrogen-bond donors (Lipinski definition) is 0. The zero-order chi connectivity index (χ0) is 16.5. The first-order valence-corrected chi connectivity index (χ1v) is 7.40. The summed E-state index contributed by atoms with van der Waals surface area (Å²) in [5.74, 6) is 2.65. The maximum atomic E-state index is 11.3. The topological polar surface area (TPSA) is 60.1 Å². The van der Waals surface area contributed by atoms with Gasteiger partial charge in [0.2, 0.25) is 0 Å². The maximum Gasteiger partial charge on any atom is 0.170 e. The molecule has 1 aliphatic heterocycles. The van der Waals surface area contributed by atoms with Crippen LogP contribution in [0.4, 0.5) is 0 Å². The Morgan fingerprint density at radius 1 is 1.21 bits per heavy atom. The van der Waals surface area contributed by atoms with E-state index in [0.717, 1.165) is 40.2 Å². The number of carbonyl (C=O) groups is 1. The van der Waals surface area contributed by atoms with Crippen molar-refractivity contribution in [2.24, 2.45) is 4.99 Å². The van der Waals surface area contributed by atoms with Crippen LogP contribution in [0.5, 0.6) is 0 Å². The van der Waals surface area contributed by atoms with Crippen LogP contribution >= 0.6 is 0 Å². The molecule has 0 radical (unpaired) electrons. The van der Waals surface area contributed by atoms with Crippen LogP contribution in [-0.2, 0) is 6.54 Å². The van der Waals surface area contributed by atoms with Crippen LogP contribution in [0.25, 0.3) is 5.69 Å². The molecule has 1 aliphatic rings. The van der Waals surface area contributed by atoms with Crippen molar-refractivity contribution in [2.75, 3.05) is 0 Å². The first-order valence-electron chi connectivity index (χ1n) is 7.40. The molecule has 5 nitrogen and oxygen atoms in total. The Hall–Kier alpha value is -3.52. The summed E-state index contributed by atoms with van der Waals surface area (Å²) >= 11 is 0. The molecule has 0 unspecified atom stereocenters. The molecule has 0 saturated carbocycles. The fourth-order valence-electron chi connectivity index (χ4n) is 2.84. The molecular formula is C19H12N4O. The predicted octanol–water partition coefficient (Wildman–Crippen LogP) is 2.41. The van der Waals surface area contributed by atoms with Crippen LogP contribution in [0.2, 0.25) is 0 Å². The highest BCUT2D eigenvalue weighted by Gasteiger charge is 2.22. The average Bonchev–Trinajstić information content (AvgIpc) is 2.98. The molecule has 0 bridgehead atoms. The third-order valence-corrected chi connectivity index (χ3v) is 3.98. The molecule has 0 aliphatic carbocycles. The molecule has 0 N–H and O–H groups in total. The fourth-order valence-corrected chi connectivity index (χ4v) is 2.84. The maximum absolute atomic E-state index is 11.3. The van der Waals surface area contributed by atoms with E-state index in [1.807, 2.05) is 41.0 Å². The minimum Gasteiger partial charge on any atom is -0.300 e. The lowest BCUT2D eigenvalue weighted by molar-refractivity contribution is 0.111. The van der Waals surface area contributed by atoms with E-state index in [0.29, 0.717) is 12.2 Å². The zero-order valence-corrected chi connectivity index (χ0v) is 12.7. The number of aliphatic imine (C=N–C) groups is 1. The Kier molecular flexibility index (Phi) is 3.29. The Morgan fingerprint density at radius 3 is 2.88 bits per heavy atom. The van der Waals surface area contributed by atoms with E-state index in [2.05, 4.69) is 15.9 Å². The molecule has 1 aromatic carbocycles. The fraction of sp³-hybridized carbons (Fsp3) is 0.0526. The summed E-state index contributed by atoms with van der Waals surface area (Å²) in [5, 5.41) is 0. The van der Waals surface area contributed by atoms with Crippen LogP contribution in [0.15, 0.2) is 53.9 Å². The van der Waals surface area contributed by atoms with E-state index in [1.165, 1.54) is 0 Å². The van der Waals surface area contributed by atoms with Gasteiger partial charge in [0.1, 0.15) is 12.0 Å². The number of carbonyl (C=O) groups excluding carboxylic acids is 1. The quantitative estimate of drug-likeness (QED) is 0.539. The highest BCUT2D eigenvalue weighted by Crippen LogP contribution is 2.26. The van der Waals surface area contributed by atoms with Crippen molar-refractivity contribution in [3.05, 3.63) is 77.1 Å². The summed E-state index contributed by atoms with van der Waals surface area (Å²) in [6, 6.07) is 11.4. The number of aldehydes is 1. The number of rotatable bonds is 2. The SMILES string of the molecule is C#Cc1ccc2c(c1)C(c1ccccn1)=NCc1c(C=O)ncn1-2. The molecular weight excluding hydrogens is 300 g/mol. The standard InChI is InChI=1S/C19H12N4O/c1-2-13-6-7-17-14(9-13)19(15-5-3-4-8-20-15)21-10-18-16(11-24)22-12-23(17)18/h1,3-9,11-12H,10H2. The van der Waals surface area contributed by atoms with Gasteiger partial charge in [-0.3, -0.25) is 19.3 Å². The van der Waals surface area contributed by atoms with Gasteiger partial charge >= 0.3 is 0 Å². The molecule has 24 heavy (non-hydrogen) atoms. The van der Waals surface area contributed by atoms with E-state index in [4.69, 9.17) is 11.4 Å². The van der Waals surface area contributed by atoms with Crippen molar-refractivity contribution >= 4 is 12.0 Å². The highest BCUT2D eigenvalue weighted by molar-refractivity contribution is 6.14. The molecule has 2 aromatic heterocycles. The Morgan fingerprint density at radius 2 is 2.12 bits per heavy atom. The molecule has 114 valence electrons. The lowest BCUT2D eigenvalue weighted by Crippen LogP contribution is -2.08. The average molecular weight is 312 g/mol. The third kappa shape index (κ3) is 2.13. The first-order chi connectivity index (χ1) is 11.8. The zero-order valence-electron chi connectivity index (χ0n) is 12.7. The molecule has 3 aromatic rings. The number of aromatic nitrogens is 3. The minimum atomic E-state index is 0.347. The Balaban J connectivity index is 2.02. The van der Waals surface area contributed by atoms with Crippen LogP contribution in [0.3, 0.4) is 0 Å². The lowest BCUT2D eigenvalue weighted by Gasteiger charge is -2.11. The predicted molar refractivity (Wildman–Crippen MR) is 90.5 cm³/mol. The molecule has 0 saturated heterocycles.